The Kier molecular flexibility index (Phi) is 4.05. The first-order valence-electron chi connectivity index (χ1n) is 7.58. The molecule has 2 aliphatic rings. The third kappa shape index (κ3) is 3.20. The number of aromatic nitrogens is 1. The molecule has 1 saturated carbocycles. The van der Waals surface area contributed by atoms with Crippen LogP contribution in [0.15, 0.2) is 16.9 Å². The van der Waals surface area contributed by atoms with E-state index in [1.165, 1.54) is 25.5 Å². The molecule has 1 aliphatic carbocycles. The average molecular weight is 278 g/mol. The van der Waals surface area contributed by atoms with Crippen molar-refractivity contribution in [2.75, 3.05) is 6.61 Å². The summed E-state index contributed by atoms with van der Waals surface area (Å²) in [6, 6.07) is 1.97. The summed E-state index contributed by atoms with van der Waals surface area (Å²) >= 11 is 0. The van der Waals surface area contributed by atoms with Crippen LogP contribution in [-0.4, -0.2) is 29.3 Å². The lowest BCUT2D eigenvalue weighted by Crippen LogP contribution is -2.49. The molecule has 1 aromatic heterocycles. The highest BCUT2D eigenvalue weighted by molar-refractivity contribution is 5.78. The Morgan fingerprint density at radius 1 is 1.40 bits per heavy atom. The lowest BCUT2D eigenvalue weighted by atomic mass is 9.78. The van der Waals surface area contributed by atoms with E-state index in [1.54, 1.807) is 6.07 Å². The van der Waals surface area contributed by atoms with E-state index in [-0.39, 0.29) is 17.6 Å². The molecule has 2 heterocycles. The van der Waals surface area contributed by atoms with E-state index < -0.39 is 0 Å². The van der Waals surface area contributed by atoms with Crippen molar-refractivity contribution in [3.63, 3.8) is 0 Å². The topological polar surface area (TPSA) is 64.4 Å². The van der Waals surface area contributed by atoms with Crippen LogP contribution in [0.1, 0.15) is 50.6 Å². The number of ether oxygens (including phenoxy) is 1. The number of rotatable bonds is 3. The number of amides is 1. The Hall–Kier alpha value is -1.36. The van der Waals surface area contributed by atoms with Gasteiger partial charge >= 0.3 is 0 Å². The minimum atomic E-state index is 0.0248. The van der Waals surface area contributed by atoms with Crippen LogP contribution in [0.5, 0.6) is 0 Å². The van der Waals surface area contributed by atoms with E-state index in [4.69, 9.17) is 9.26 Å². The van der Waals surface area contributed by atoms with Crippen LogP contribution in [0, 0.1) is 0 Å². The summed E-state index contributed by atoms with van der Waals surface area (Å²) in [5.74, 6) is 0.0248. The molecular formula is C15H22N2O3. The Balaban J connectivity index is 1.53. The third-order valence-corrected chi connectivity index (χ3v) is 4.46. The van der Waals surface area contributed by atoms with Crippen molar-refractivity contribution in [1.29, 1.82) is 0 Å². The van der Waals surface area contributed by atoms with Gasteiger partial charge in [0.15, 0.2) is 0 Å². The fourth-order valence-electron chi connectivity index (χ4n) is 3.47. The monoisotopic (exact) mass is 278 g/mol. The molecule has 1 amide bonds. The SMILES string of the molecule is O=C(Cc1ccon1)N[C@H]1CCOC2(CCCCC2)C1. The highest BCUT2D eigenvalue weighted by Crippen LogP contribution is 2.38. The lowest BCUT2D eigenvalue weighted by molar-refractivity contribution is -0.128. The summed E-state index contributed by atoms with van der Waals surface area (Å²) in [4.78, 5) is 12.0. The molecule has 1 spiro atoms. The predicted octanol–water partition coefficient (Wildman–Crippen LogP) is 2.22. The van der Waals surface area contributed by atoms with Gasteiger partial charge in [0.1, 0.15) is 6.26 Å². The first kappa shape index (κ1) is 13.6. The zero-order chi connectivity index (χ0) is 13.8. The second-order valence-corrected chi connectivity index (χ2v) is 6.02. The van der Waals surface area contributed by atoms with E-state index in [2.05, 4.69) is 10.5 Å². The van der Waals surface area contributed by atoms with Crippen molar-refractivity contribution in [1.82, 2.24) is 10.5 Å². The number of carbonyl (C=O) groups excluding carboxylic acids is 1. The van der Waals surface area contributed by atoms with E-state index in [9.17, 15) is 4.79 Å². The second kappa shape index (κ2) is 5.95. The van der Waals surface area contributed by atoms with Crippen LogP contribution in [0.4, 0.5) is 0 Å². The van der Waals surface area contributed by atoms with Gasteiger partial charge in [0.05, 0.1) is 17.7 Å². The first-order chi connectivity index (χ1) is 9.76. The van der Waals surface area contributed by atoms with Crippen LogP contribution in [0.25, 0.3) is 0 Å². The molecule has 5 nitrogen and oxygen atoms in total. The van der Waals surface area contributed by atoms with Gasteiger partial charge < -0.3 is 14.6 Å². The van der Waals surface area contributed by atoms with Gasteiger partial charge in [0.2, 0.25) is 5.91 Å². The molecule has 20 heavy (non-hydrogen) atoms. The van der Waals surface area contributed by atoms with Gasteiger partial charge in [-0.1, -0.05) is 24.4 Å². The Morgan fingerprint density at radius 2 is 2.25 bits per heavy atom. The standard InChI is InChI=1S/C15H22N2O3/c18-14(10-12-5-9-20-17-12)16-13-4-8-19-15(11-13)6-2-1-3-7-15/h5,9,13H,1-4,6-8,10-11H2,(H,16,18)/t13-/m0/s1. The second-order valence-electron chi connectivity index (χ2n) is 6.02. The van der Waals surface area contributed by atoms with Crippen molar-refractivity contribution in [2.45, 2.75) is 63.0 Å². The molecule has 1 saturated heterocycles. The van der Waals surface area contributed by atoms with E-state index >= 15 is 0 Å². The fraction of sp³-hybridized carbons (Fsp3) is 0.733. The number of hydrogen-bond acceptors (Lipinski definition) is 4. The smallest absolute Gasteiger partial charge is 0.226 e. The van der Waals surface area contributed by atoms with E-state index in [0.717, 1.165) is 32.3 Å². The third-order valence-electron chi connectivity index (χ3n) is 4.46. The zero-order valence-corrected chi connectivity index (χ0v) is 11.8. The molecule has 1 N–H and O–H groups in total. The van der Waals surface area contributed by atoms with Crippen molar-refractivity contribution in [3.8, 4) is 0 Å². The molecule has 2 fully saturated rings. The predicted molar refractivity (Wildman–Crippen MR) is 73.1 cm³/mol. The number of hydrogen-bond donors (Lipinski definition) is 1. The van der Waals surface area contributed by atoms with Gasteiger partial charge in [-0.05, 0) is 25.7 Å². The van der Waals surface area contributed by atoms with Crippen LogP contribution in [0.2, 0.25) is 0 Å². The minimum Gasteiger partial charge on any atom is -0.375 e. The van der Waals surface area contributed by atoms with Crippen LogP contribution >= 0.6 is 0 Å². The fourth-order valence-corrected chi connectivity index (χ4v) is 3.47. The maximum atomic E-state index is 12.0. The number of nitrogens with zero attached hydrogens (tertiary/aromatic N) is 1. The van der Waals surface area contributed by atoms with Crippen LogP contribution < -0.4 is 5.32 Å². The minimum absolute atomic E-state index is 0.0248. The average Bonchev–Trinajstić information content (AvgIpc) is 2.92. The van der Waals surface area contributed by atoms with Crippen molar-refractivity contribution < 1.29 is 14.1 Å². The summed E-state index contributed by atoms with van der Waals surface area (Å²) in [5, 5.41) is 6.90. The summed E-state index contributed by atoms with van der Waals surface area (Å²) in [7, 11) is 0. The van der Waals surface area contributed by atoms with Gasteiger partial charge in [-0.15, -0.1) is 0 Å². The Labute approximate surface area is 119 Å². The summed E-state index contributed by atoms with van der Waals surface area (Å²) in [6.45, 7) is 0.759. The molecule has 0 aromatic carbocycles. The molecule has 0 bridgehead atoms. The Bertz CT molecular complexity index is 432. The summed E-state index contributed by atoms with van der Waals surface area (Å²) < 4.78 is 10.8. The van der Waals surface area contributed by atoms with Gasteiger partial charge in [0, 0.05) is 18.7 Å². The molecule has 1 aromatic rings. The molecule has 110 valence electrons. The van der Waals surface area contributed by atoms with Gasteiger partial charge in [0.25, 0.3) is 0 Å². The molecular weight excluding hydrogens is 256 g/mol. The van der Waals surface area contributed by atoms with E-state index in [1.807, 2.05) is 0 Å². The van der Waals surface area contributed by atoms with Crippen molar-refractivity contribution >= 4 is 5.91 Å². The Morgan fingerprint density at radius 3 is 3.00 bits per heavy atom. The highest BCUT2D eigenvalue weighted by Gasteiger charge is 2.38. The quantitative estimate of drug-likeness (QED) is 0.920. The molecule has 1 atom stereocenters. The van der Waals surface area contributed by atoms with Crippen molar-refractivity contribution in [3.05, 3.63) is 18.0 Å². The molecule has 0 radical (unpaired) electrons. The molecule has 1 aliphatic heterocycles. The number of nitrogens with one attached hydrogen (secondary N) is 1. The van der Waals surface area contributed by atoms with Crippen LogP contribution in [0.3, 0.4) is 0 Å². The first-order valence-corrected chi connectivity index (χ1v) is 7.58. The normalized spacial score (nSPS) is 25.5. The molecule has 0 unspecified atom stereocenters. The molecule has 3 rings (SSSR count). The maximum Gasteiger partial charge on any atom is 0.226 e. The lowest BCUT2D eigenvalue weighted by Gasteiger charge is -2.43. The summed E-state index contributed by atoms with van der Waals surface area (Å²) in [6.07, 6.45) is 9.75. The van der Waals surface area contributed by atoms with Gasteiger partial charge in [-0.2, -0.15) is 0 Å². The largest absolute Gasteiger partial charge is 0.375 e. The van der Waals surface area contributed by atoms with Gasteiger partial charge in [-0.25, -0.2) is 0 Å². The molecule has 5 heteroatoms. The van der Waals surface area contributed by atoms with Crippen LogP contribution in [-0.2, 0) is 16.0 Å². The number of carbonyl (C=O) groups is 1. The van der Waals surface area contributed by atoms with E-state index in [0.29, 0.717) is 12.1 Å². The zero-order valence-electron chi connectivity index (χ0n) is 11.8. The maximum absolute atomic E-state index is 12.0. The van der Waals surface area contributed by atoms with Gasteiger partial charge in [-0.3, -0.25) is 4.79 Å². The van der Waals surface area contributed by atoms with Crippen molar-refractivity contribution in [2.24, 2.45) is 0 Å². The summed E-state index contributed by atoms with van der Waals surface area (Å²) in [5.41, 5.74) is 0.712. The highest BCUT2D eigenvalue weighted by atomic mass is 16.5.